The monoisotopic (exact) mass is 288 g/mol. The molecule has 1 unspecified atom stereocenters. The van der Waals surface area contributed by atoms with Crippen LogP contribution < -0.4 is 14.2 Å². The largest absolute Gasteiger partial charge is 0.495 e. The Morgan fingerprint density at radius 1 is 1.26 bits per heavy atom. The van der Waals surface area contributed by atoms with Crippen molar-refractivity contribution in [1.29, 1.82) is 0 Å². The number of carbonyl (C=O) groups is 1. The first-order valence-corrected chi connectivity index (χ1v) is 6.04. The summed E-state index contributed by atoms with van der Waals surface area (Å²) in [5.41, 5.74) is 0.587. The number of ether oxygens (including phenoxy) is 3. The van der Waals surface area contributed by atoms with Gasteiger partial charge in [-0.1, -0.05) is 18.5 Å². The highest BCUT2D eigenvalue weighted by atomic mass is 35.5. The van der Waals surface area contributed by atoms with E-state index in [-0.39, 0.29) is 6.42 Å². The first-order chi connectivity index (χ1) is 8.96. The molecule has 106 valence electrons. The van der Waals surface area contributed by atoms with E-state index >= 15 is 0 Å². The molecule has 0 aliphatic carbocycles. The van der Waals surface area contributed by atoms with Gasteiger partial charge < -0.3 is 19.3 Å². The Kier molecular flexibility index (Phi) is 5.30. The van der Waals surface area contributed by atoms with E-state index in [4.69, 9.17) is 30.9 Å². The van der Waals surface area contributed by atoms with E-state index < -0.39 is 11.9 Å². The maximum atomic E-state index is 11.0. The molecule has 6 heteroatoms. The van der Waals surface area contributed by atoms with Gasteiger partial charge in [0, 0.05) is 11.6 Å². The van der Waals surface area contributed by atoms with Crippen LogP contribution in [0.4, 0.5) is 0 Å². The van der Waals surface area contributed by atoms with Crippen molar-refractivity contribution in [3.05, 3.63) is 16.7 Å². The number of hydrogen-bond donors (Lipinski definition) is 1. The molecule has 0 saturated carbocycles. The second-order valence-electron chi connectivity index (χ2n) is 4.05. The van der Waals surface area contributed by atoms with E-state index in [9.17, 15) is 4.79 Å². The Hall–Kier alpha value is -1.62. The quantitative estimate of drug-likeness (QED) is 0.872. The van der Waals surface area contributed by atoms with Gasteiger partial charge in [-0.05, 0) is 6.42 Å². The summed E-state index contributed by atoms with van der Waals surface area (Å²) in [6, 6.07) is 1.58. The van der Waals surface area contributed by atoms with Crippen LogP contribution >= 0.6 is 11.6 Å². The van der Waals surface area contributed by atoms with Gasteiger partial charge in [0.2, 0.25) is 0 Å². The number of methoxy groups -OCH3 is 3. The number of halogens is 1. The summed E-state index contributed by atoms with van der Waals surface area (Å²) in [7, 11) is 4.45. The number of carboxylic acid groups (broad SMARTS) is 1. The predicted molar refractivity (Wildman–Crippen MR) is 71.6 cm³/mol. The van der Waals surface area contributed by atoms with E-state index in [0.717, 1.165) is 0 Å². The predicted octanol–water partition coefficient (Wildman–Crippen LogP) is 2.63. The molecule has 1 N–H and O–H groups in total. The molecule has 0 spiro atoms. The third-order valence-electron chi connectivity index (χ3n) is 2.81. The fourth-order valence-corrected chi connectivity index (χ4v) is 2.11. The molecular weight excluding hydrogens is 272 g/mol. The molecule has 1 aromatic carbocycles. The second-order valence-corrected chi connectivity index (χ2v) is 4.46. The van der Waals surface area contributed by atoms with Crippen molar-refractivity contribution in [2.45, 2.75) is 13.3 Å². The molecule has 0 bridgehead atoms. The normalized spacial score (nSPS) is 11.8. The molecule has 1 aromatic rings. The van der Waals surface area contributed by atoms with Gasteiger partial charge in [-0.25, -0.2) is 0 Å². The third-order valence-corrected chi connectivity index (χ3v) is 3.09. The highest BCUT2D eigenvalue weighted by Crippen LogP contribution is 2.43. The Balaban J connectivity index is 3.38. The summed E-state index contributed by atoms with van der Waals surface area (Å²) in [6.07, 6.45) is 0.235. The lowest BCUT2D eigenvalue weighted by Gasteiger charge is -2.18. The van der Waals surface area contributed by atoms with Crippen LogP contribution in [0.2, 0.25) is 5.02 Å². The Morgan fingerprint density at radius 2 is 1.84 bits per heavy atom. The Bertz CT molecular complexity index is 473. The van der Waals surface area contributed by atoms with Crippen LogP contribution in [0.5, 0.6) is 17.2 Å². The molecule has 1 atom stereocenters. The molecular formula is C13H17ClO5. The lowest BCUT2D eigenvalue weighted by atomic mass is 9.99. The maximum Gasteiger partial charge on any atom is 0.306 e. The number of benzene rings is 1. The van der Waals surface area contributed by atoms with Crippen molar-refractivity contribution in [3.63, 3.8) is 0 Å². The molecule has 1 rings (SSSR count). The van der Waals surface area contributed by atoms with Gasteiger partial charge in [0.1, 0.15) is 5.75 Å². The fourth-order valence-electron chi connectivity index (χ4n) is 1.82. The lowest BCUT2D eigenvalue weighted by Crippen LogP contribution is -2.14. The van der Waals surface area contributed by atoms with Crippen molar-refractivity contribution >= 4 is 17.6 Å². The second kappa shape index (κ2) is 6.52. The van der Waals surface area contributed by atoms with Crippen molar-refractivity contribution < 1.29 is 24.1 Å². The van der Waals surface area contributed by atoms with Crippen LogP contribution in [0.1, 0.15) is 12.5 Å². The van der Waals surface area contributed by atoms with Crippen LogP contribution in [0.15, 0.2) is 6.07 Å². The van der Waals surface area contributed by atoms with Gasteiger partial charge >= 0.3 is 5.97 Å². The van der Waals surface area contributed by atoms with E-state index in [2.05, 4.69) is 0 Å². The van der Waals surface area contributed by atoms with E-state index in [1.165, 1.54) is 21.3 Å². The van der Waals surface area contributed by atoms with E-state index in [0.29, 0.717) is 27.8 Å². The van der Waals surface area contributed by atoms with Crippen LogP contribution in [-0.2, 0) is 11.2 Å². The molecule has 0 radical (unpaired) electrons. The fraction of sp³-hybridized carbons (Fsp3) is 0.462. The summed E-state index contributed by atoms with van der Waals surface area (Å²) in [5.74, 6) is -0.195. The zero-order valence-electron chi connectivity index (χ0n) is 11.3. The van der Waals surface area contributed by atoms with Crippen LogP contribution in [-0.4, -0.2) is 32.4 Å². The van der Waals surface area contributed by atoms with Crippen LogP contribution in [0, 0.1) is 5.92 Å². The number of rotatable bonds is 6. The van der Waals surface area contributed by atoms with E-state index in [1.54, 1.807) is 13.0 Å². The average Bonchev–Trinajstić information content (AvgIpc) is 2.38. The number of hydrogen-bond acceptors (Lipinski definition) is 4. The van der Waals surface area contributed by atoms with Gasteiger partial charge in [0.05, 0.1) is 32.3 Å². The summed E-state index contributed by atoms with van der Waals surface area (Å²) in [4.78, 5) is 11.0. The summed E-state index contributed by atoms with van der Waals surface area (Å²) in [6.45, 7) is 1.61. The first kappa shape index (κ1) is 15.4. The molecule has 0 aromatic heterocycles. The van der Waals surface area contributed by atoms with Gasteiger partial charge in [-0.2, -0.15) is 0 Å². The Morgan fingerprint density at radius 3 is 2.26 bits per heavy atom. The standard InChI is InChI=1S/C13H17ClO5/c1-7(13(15)16)5-8-11(18-3)9(14)6-10(17-2)12(8)19-4/h6-7H,5H2,1-4H3,(H,15,16). The van der Waals surface area contributed by atoms with Gasteiger partial charge in [-0.15, -0.1) is 0 Å². The molecule has 0 saturated heterocycles. The summed E-state index contributed by atoms with van der Waals surface area (Å²) >= 11 is 6.10. The smallest absolute Gasteiger partial charge is 0.306 e. The zero-order valence-corrected chi connectivity index (χ0v) is 12.1. The number of aliphatic carboxylic acids is 1. The lowest BCUT2D eigenvalue weighted by molar-refractivity contribution is -0.141. The molecule has 5 nitrogen and oxygen atoms in total. The van der Waals surface area contributed by atoms with Crippen molar-refractivity contribution in [2.24, 2.45) is 5.92 Å². The highest BCUT2D eigenvalue weighted by Gasteiger charge is 2.23. The van der Waals surface area contributed by atoms with Crippen LogP contribution in [0.3, 0.4) is 0 Å². The van der Waals surface area contributed by atoms with Crippen LogP contribution in [0.25, 0.3) is 0 Å². The van der Waals surface area contributed by atoms with Crippen molar-refractivity contribution in [2.75, 3.05) is 21.3 Å². The van der Waals surface area contributed by atoms with Gasteiger partial charge in [0.15, 0.2) is 11.5 Å². The first-order valence-electron chi connectivity index (χ1n) is 5.66. The summed E-state index contributed by atoms with van der Waals surface area (Å²) in [5, 5.41) is 9.37. The maximum absolute atomic E-state index is 11.0. The SMILES string of the molecule is COc1cc(Cl)c(OC)c(CC(C)C(=O)O)c1OC. The molecule has 19 heavy (non-hydrogen) atoms. The minimum Gasteiger partial charge on any atom is -0.495 e. The van der Waals surface area contributed by atoms with Gasteiger partial charge in [0.25, 0.3) is 0 Å². The number of carboxylic acids is 1. The van der Waals surface area contributed by atoms with Gasteiger partial charge in [-0.3, -0.25) is 4.79 Å². The minimum atomic E-state index is -0.900. The topological polar surface area (TPSA) is 65.0 Å². The van der Waals surface area contributed by atoms with Crippen molar-refractivity contribution in [3.8, 4) is 17.2 Å². The highest BCUT2D eigenvalue weighted by molar-refractivity contribution is 6.32. The minimum absolute atomic E-state index is 0.235. The average molecular weight is 289 g/mol. The third kappa shape index (κ3) is 3.23. The molecule has 0 aliphatic rings. The van der Waals surface area contributed by atoms with Crippen molar-refractivity contribution in [1.82, 2.24) is 0 Å². The van der Waals surface area contributed by atoms with E-state index in [1.807, 2.05) is 0 Å². The Labute approximate surface area is 117 Å². The molecule has 0 aliphatic heterocycles. The molecule has 0 fully saturated rings. The summed E-state index contributed by atoms with van der Waals surface area (Å²) < 4.78 is 15.7. The zero-order chi connectivity index (χ0) is 14.6. The molecule has 0 heterocycles. The molecule has 0 amide bonds.